The van der Waals surface area contributed by atoms with Gasteiger partial charge in [0.25, 0.3) is 0 Å². The van der Waals surface area contributed by atoms with Crippen LogP contribution in [0.1, 0.15) is 55.3 Å². The SMILES string of the molecule is C[C@@H](NC(=O)CN1CCC[C@@H]1C(=O)O)c1ccc2c(c1)CCCC2. The van der Waals surface area contributed by atoms with E-state index < -0.39 is 12.0 Å². The molecular formula is C19H26N2O3. The van der Waals surface area contributed by atoms with Gasteiger partial charge in [-0.1, -0.05) is 18.2 Å². The molecule has 1 heterocycles. The molecule has 1 aliphatic carbocycles. The summed E-state index contributed by atoms with van der Waals surface area (Å²) in [6, 6.07) is 5.93. The third-order valence-corrected chi connectivity index (χ3v) is 5.25. The van der Waals surface area contributed by atoms with Gasteiger partial charge in [-0.3, -0.25) is 14.5 Å². The highest BCUT2D eigenvalue weighted by atomic mass is 16.4. The maximum Gasteiger partial charge on any atom is 0.320 e. The Morgan fingerprint density at radius 3 is 2.75 bits per heavy atom. The van der Waals surface area contributed by atoms with Crippen LogP contribution in [0.4, 0.5) is 0 Å². The number of nitrogens with zero attached hydrogens (tertiary/aromatic N) is 1. The molecule has 5 heteroatoms. The zero-order valence-corrected chi connectivity index (χ0v) is 14.3. The Kier molecular flexibility index (Phi) is 5.19. The van der Waals surface area contributed by atoms with E-state index in [1.54, 1.807) is 4.90 Å². The van der Waals surface area contributed by atoms with Gasteiger partial charge >= 0.3 is 5.97 Å². The highest BCUT2D eigenvalue weighted by Gasteiger charge is 2.31. The van der Waals surface area contributed by atoms with Crippen molar-refractivity contribution >= 4 is 11.9 Å². The molecule has 2 atom stereocenters. The van der Waals surface area contributed by atoms with Crippen molar-refractivity contribution < 1.29 is 14.7 Å². The van der Waals surface area contributed by atoms with Gasteiger partial charge in [-0.15, -0.1) is 0 Å². The van der Waals surface area contributed by atoms with E-state index in [0.717, 1.165) is 24.8 Å². The van der Waals surface area contributed by atoms with Crippen molar-refractivity contribution in [1.82, 2.24) is 10.2 Å². The zero-order valence-electron chi connectivity index (χ0n) is 14.3. The Hall–Kier alpha value is -1.88. The number of amides is 1. The van der Waals surface area contributed by atoms with Gasteiger partial charge in [-0.05, 0) is 68.7 Å². The number of hydrogen-bond acceptors (Lipinski definition) is 3. The maximum atomic E-state index is 12.3. The number of carboxylic acids is 1. The Balaban J connectivity index is 1.59. The first-order valence-electron chi connectivity index (χ1n) is 8.92. The molecule has 3 rings (SSSR count). The van der Waals surface area contributed by atoms with Crippen molar-refractivity contribution in [3.05, 3.63) is 34.9 Å². The Morgan fingerprint density at radius 1 is 1.25 bits per heavy atom. The molecule has 0 bridgehead atoms. The summed E-state index contributed by atoms with van der Waals surface area (Å²) in [5, 5.41) is 12.2. The van der Waals surface area contributed by atoms with Crippen LogP contribution in [0.15, 0.2) is 18.2 Å². The second-order valence-electron chi connectivity index (χ2n) is 6.99. The van der Waals surface area contributed by atoms with Crippen LogP contribution in [0.2, 0.25) is 0 Å². The predicted molar refractivity (Wildman–Crippen MR) is 91.9 cm³/mol. The molecule has 2 aliphatic rings. The van der Waals surface area contributed by atoms with Crippen LogP contribution in [0.5, 0.6) is 0 Å². The van der Waals surface area contributed by atoms with Crippen LogP contribution < -0.4 is 5.32 Å². The Morgan fingerprint density at radius 2 is 2.00 bits per heavy atom. The van der Waals surface area contributed by atoms with Crippen molar-refractivity contribution in [3.63, 3.8) is 0 Å². The Bertz CT molecular complexity index is 629. The summed E-state index contributed by atoms with van der Waals surface area (Å²) < 4.78 is 0. The molecule has 1 aliphatic heterocycles. The van der Waals surface area contributed by atoms with Crippen molar-refractivity contribution in [2.45, 2.75) is 57.5 Å². The smallest absolute Gasteiger partial charge is 0.320 e. The third-order valence-electron chi connectivity index (χ3n) is 5.25. The molecule has 130 valence electrons. The van der Waals surface area contributed by atoms with E-state index in [-0.39, 0.29) is 18.5 Å². The lowest BCUT2D eigenvalue weighted by Crippen LogP contribution is -2.43. The van der Waals surface area contributed by atoms with Crippen LogP contribution in [0.25, 0.3) is 0 Å². The fraction of sp³-hybridized carbons (Fsp3) is 0.579. The largest absolute Gasteiger partial charge is 0.480 e. The summed E-state index contributed by atoms with van der Waals surface area (Å²) >= 11 is 0. The summed E-state index contributed by atoms with van der Waals surface area (Å²) in [6.07, 6.45) is 6.25. The van der Waals surface area contributed by atoms with E-state index in [1.165, 1.54) is 24.0 Å². The van der Waals surface area contributed by atoms with Crippen LogP contribution >= 0.6 is 0 Å². The second kappa shape index (κ2) is 7.34. The fourth-order valence-corrected chi connectivity index (χ4v) is 3.87. The molecular weight excluding hydrogens is 304 g/mol. The molecule has 0 spiro atoms. The number of carbonyl (C=O) groups is 2. The molecule has 0 saturated carbocycles. The Labute approximate surface area is 143 Å². The lowest BCUT2D eigenvalue weighted by atomic mass is 9.89. The van der Waals surface area contributed by atoms with Crippen LogP contribution in [0.3, 0.4) is 0 Å². The lowest BCUT2D eigenvalue weighted by Gasteiger charge is -2.23. The van der Waals surface area contributed by atoms with Gasteiger partial charge in [0.2, 0.25) is 5.91 Å². The summed E-state index contributed by atoms with van der Waals surface area (Å²) in [4.78, 5) is 25.3. The first-order chi connectivity index (χ1) is 11.5. The fourth-order valence-electron chi connectivity index (χ4n) is 3.87. The summed E-state index contributed by atoms with van der Waals surface area (Å²) in [6.45, 7) is 2.82. The van der Waals surface area contributed by atoms with Gasteiger partial charge in [0.05, 0.1) is 12.6 Å². The lowest BCUT2D eigenvalue weighted by molar-refractivity contribution is -0.142. The average molecular weight is 330 g/mol. The monoisotopic (exact) mass is 330 g/mol. The first kappa shape index (κ1) is 17.0. The van der Waals surface area contributed by atoms with Gasteiger partial charge in [-0.25, -0.2) is 0 Å². The van der Waals surface area contributed by atoms with E-state index in [4.69, 9.17) is 0 Å². The first-order valence-corrected chi connectivity index (χ1v) is 8.92. The molecule has 0 unspecified atom stereocenters. The molecule has 24 heavy (non-hydrogen) atoms. The molecule has 1 fully saturated rings. The van der Waals surface area contributed by atoms with Crippen molar-refractivity contribution in [1.29, 1.82) is 0 Å². The number of aryl methyl sites for hydroxylation is 2. The second-order valence-corrected chi connectivity index (χ2v) is 6.99. The molecule has 0 radical (unpaired) electrons. The van der Waals surface area contributed by atoms with Crippen LogP contribution in [0, 0.1) is 0 Å². The number of hydrogen-bond donors (Lipinski definition) is 2. The highest BCUT2D eigenvalue weighted by molar-refractivity contribution is 5.80. The number of rotatable bonds is 5. The molecule has 1 aromatic rings. The topological polar surface area (TPSA) is 69.6 Å². The summed E-state index contributed by atoms with van der Waals surface area (Å²) in [7, 11) is 0. The number of nitrogens with one attached hydrogen (secondary N) is 1. The van der Waals surface area contributed by atoms with E-state index in [0.29, 0.717) is 13.0 Å². The van der Waals surface area contributed by atoms with Crippen molar-refractivity contribution in [2.75, 3.05) is 13.1 Å². The molecule has 0 aromatic heterocycles. The molecule has 5 nitrogen and oxygen atoms in total. The third kappa shape index (κ3) is 3.78. The molecule has 1 saturated heterocycles. The van der Waals surface area contributed by atoms with Crippen molar-refractivity contribution in [3.8, 4) is 0 Å². The normalized spacial score (nSPS) is 22.0. The number of carbonyl (C=O) groups excluding carboxylic acids is 1. The minimum Gasteiger partial charge on any atom is -0.480 e. The number of fused-ring (bicyclic) bond motifs is 1. The van der Waals surface area contributed by atoms with Crippen molar-refractivity contribution in [2.24, 2.45) is 0 Å². The van der Waals surface area contributed by atoms with Gasteiger partial charge in [0, 0.05) is 0 Å². The summed E-state index contributed by atoms with van der Waals surface area (Å²) in [5.41, 5.74) is 3.97. The van der Waals surface area contributed by atoms with E-state index in [1.807, 2.05) is 6.92 Å². The number of aliphatic carboxylic acids is 1. The van der Waals surface area contributed by atoms with E-state index in [2.05, 4.69) is 23.5 Å². The van der Waals surface area contributed by atoms with E-state index >= 15 is 0 Å². The van der Waals surface area contributed by atoms with Crippen LogP contribution in [-0.2, 0) is 22.4 Å². The van der Waals surface area contributed by atoms with Gasteiger partial charge in [0.1, 0.15) is 6.04 Å². The molecule has 1 amide bonds. The van der Waals surface area contributed by atoms with Gasteiger partial charge in [-0.2, -0.15) is 0 Å². The zero-order chi connectivity index (χ0) is 17.1. The van der Waals surface area contributed by atoms with Gasteiger partial charge in [0.15, 0.2) is 0 Å². The number of benzene rings is 1. The van der Waals surface area contributed by atoms with Crippen LogP contribution in [-0.4, -0.2) is 41.0 Å². The predicted octanol–water partition coefficient (Wildman–Crippen LogP) is 2.29. The molecule has 1 aromatic carbocycles. The highest BCUT2D eigenvalue weighted by Crippen LogP contribution is 2.25. The van der Waals surface area contributed by atoms with Gasteiger partial charge < -0.3 is 10.4 Å². The quantitative estimate of drug-likeness (QED) is 0.869. The summed E-state index contributed by atoms with van der Waals surface area (Å²) in [5.74, 6) is -0.934. The minimum atomic E-state index is -0.831. The number of likely N-dealkylation sites (tertiary alicyclic amines) is 1. The average Bonchev–Trinajstić information content (AvgIpc) is 3.02. The molecule has 2 N–H and O–H groups in total. The standard InChI is InChI=1S/C19H26N2O3/c1-13(15-9-8-14-5-2-3-6-16(14)11-15)20-18(22)12-21-10-4-7-17(21)19(23)24/h8-9,11,13,17H,2-7,10,12H2,1H3,(H,20,22)(H,23,24)/t13-,17-/m1/s1. The minimum absolute atomic E-state index is 0.0596. The number of carboxylic acid groups (broad SMARTS) is 1. The van der Waals surface area contributed by atoms with E-state index in [9.17, 15) is 14.7 Å². The maximum absolute atomic E-state index is 12.3.